The summed E-state index contributed by atoms with van der Waals surface area (Å²) in [5, 5.41) is 0. The summed E-state index contributed by atoms with van der Waals surface area (Å²) in [6, 6.07) is 16.4. The molecule has 1 saturated heterocycles. The van der Waals surface area contributed by atoms with Crippen molar-refractivity contribution in [2.75, 3.05) is 26.8 Å². The Morgan fingerprint density at radius 1 is 1.00 bits per heavy atom. The molecule has 0 saturated carbocycles. The molecule has 1 aliphatic rings. The van der Waals surface area contributed by atoms with Gasteiger partial charge in [-0.3, -0.25) is 14.6 Å². The molecule has 0 aromatic heterocycles. The van der Waals surface area contributed by atoms with Gasteiger partial charge in [0.1, 0.15) is 24.7 Å². The van der Waals surface area contributed by atoms with Gasteiger partial charge in [0.05, 0.1) is 13.7 Å². The highest BCUT2D eigenvalue weighted by Gasteiger charge is 2.34. The maximum Gasteiger partial charge on any atom is 0.331 e. The van der Waals surface area contributed by atoms with Crippen LogP contribution in [0.25, 0.3) is 6.08 Å². The third kappa shape index (κ3) is 4.22. The van der Waals surface area contributed by atoms with Crippen molar-refractivity contribution in [3.8, 4) is 11.5 Å². The Bertz CT molecular complexity index is 787. The Balaban J connectivity index is 1.52. The summed E-state index contributed by atoms with van der Waals surface area (Å²) in [6.45, 7) is 0.490. The fourth-order valence-corrected chi connectivity index (χ4v) is 2.56. The summed E-state index contributed by atoms with van der Waals surface area (Å²) < 4.78 is 10.7. The Hall–Kier alpha value is -3.28. The first-order valence-corrected chi connectivity index (χ1v) is 8.28. The van der Waals surface area contributed by atoms with Crippen LogP contribution >= 0.6 is 0 Å². The minimum absolute atomic E-state index is 0.0463. The molecule has 6 heteroatoms. The molecule has 1 heterocycles. The molecule has 134 valence electrons. The molecule has 0 N–H and O–H groups in total. The molecule has 1 aliphatic heterocycles. The van der Waals surface area contributed by atoms with E-state index >= 15 is 0 Å². The van der Waals surface area contributed by atoms with E-state index in [9.17, 15) is 9.59 Å². The second-order valence-corrected chi connectivity index (χ2v) is 5.71. The molecule has 3 rings (SSSR count). The van der Waals surface area contributed by atoms with Crippen LogP contribution in [-0.4, -0.2) is 48.5 Å². The quantitative estimate of drug-likeness (QED) is 0.719. The van der Waals surface area contributed by atoms with Crippen molar-refractivity contribution in [1.29, 1.82) is 0 Å². The largest absolute Gasteiger partial charge is 0.497 e. The summed E-state index contributed by atoms with van der Waals surface area (Å²) >= 11 is 0. The maximum atomic E-state index is 12.4. The number of amides is 3. The summed E-state index contributed by atoms with van der Waals surface area (Å²) in [4.78, 5) is 27.1. The van der Waals surface area contributed by atoms with Crippen LogP contribution in [0.4, 0.5) is 4.79 Å². The van der Waals surface area contributed by atoms with Gasteiger partial charge in [0.2, 0.25) is 0 Å². The number of benzene rings is 2. The van der Waals surface area contributed by atoms with Gasteiger partial charge in [0, 0.05) is 6.20 Å². The molecule has 2 aromatic rings. The third-order valence-electron chi connectivity index (χ3n) is 3.97. The minimum atomic E-state index is -0.333. The highest BCUT2D eigenvalue weighted by Crippen LogP contribution is 2.17. The number of imide groups is 1. The molecule has 0 atom stereocenters. The SMILES string of the molecule is COc1ccc(OCCN2C(=O)CN(C=Cc3ccccc3)C2=O)cc1. The van der Waals surface area contributed by atoms with Crippen LogP contribution in [0.5, 0.6) is 11.5 Å². The average molecular weight is 352 g/mol. The van der Waals surface area contributed by atoms with Gasteiger partial charge in [-0.1, -0.05) is 30.3 Å². The van der Waals surface area contributed by atoms with Crippen LogP contribution in [-0.2, 0) is 4.79 Å². The lowest BCUT2D eigenvalue weighted by Crippen LogP contribution is -2.34. The van der Waals surface area contributed by atoms with Crippen molar-refractivity contribution in [1.82, 2.24) is 9.80 Å². The van der Waals surface area contributed by atoms with E-state index in [0.717, 1.165) is 11.3 Å². The Morgan fingerprint density at radius 3 is 2.38 bits per heavy atom. The number of nitrogens with zero attached hydrogens (tertiary/aromatic N) is 2. The highest BCUT2D eigenvalue weighted by atomic mass is 16.5. The Morgan fingerprint density at radius 2 is 1.69 bits per heavy atom. The van der Waals surface area contributed by atoms with E-state index in [-0.39, 0.29) is 31.6 Å². The first-order chi connectivity index (χ1) is 12.7. The number of carbonyl (C=O) groups is 2. The predicted molar refractivity (Wildman–Crippen MR) is 97.8 cm³/mol. The second-order valence-electron chi connectivity index (χ2n) is 5.71. The van der Waals surface area contributed by atoms with E-state index in [0.29, 0.717) is 5.75 Å². The van der Waals surface area contributed by atoms with Gasteiger partial charge in [-0.05, 0) is 35.9 Å². The van der Waals surface area contributed by atoms with Crippen molar-refractivity contribution in [3.05, 3.63) is 66.4 Å². The molecule has 6 nitrogen and oxygen atoms in total. The summed E-state index contributed by atoms with van der Waals surface area (Å²) in [7, 11) is 1.60. The van der Waals surface area contributed by atoms with Gasteiger partial charge < -0.3 is 9.47 Å². The number of ether oxygens (including phenoxy) is 2. The molecule has 0 aliphatic carbocycles. The maximum absolute atomic E-state index is 12.4. The summed E-state index contributed by atoms with van der Waals surface area (Å²) in [5.41, 5.74) is 0.967. The molecule has 0 radical (unpaired) electrons. The van der Waals surface area contributed by atoms with Crippen molar-refractivity contribution in [2.45, 2.75) is 0 Å². The molecular formula is C20H20N2O4. The fourth-order valence-electron chi connectivity index (χ4n) is 2.56. The second kappa shape index (κ2) is 8.20. The van der Waals surface area contributed by atoms with Crippen molar-refractivity contribution in [2.24, 2.45) is 0 Å². The number of rotatable bonds is 7. The van der Waals surface area contributed by atoms with Crippen LogP contribution in [0.2, 0.25) is 0 Å². The summed E-state index contributed by atoms with van der Waals surface area (Å²) in [5.74, 6) is 1.17. The fraction of sp³-hybridized carbons (Fsp3) is 0.200. The number of urea groups is 1. The topological polar surface area (TPSA) is 59.1 Å². The normalized spacial score (nSPS) is 14.3. The number of hydrogen-bond acceptors (Lipinski definition) is 4. The smallest absolute Gasteiger partial charge is 0.331 e. The standard InChI is InChI=1S/C20H20N2O4/c1-25-17-7-9-18(10-8-17)26-14-13-22-19(23)15-21(20(22)24)12-11-16-5-3-2-4-6-16/h2-12H,13-15H2,1H3. The van der Waals surface area contributed by atoms with Crippen LogP contribution in [0, 0.1) is 0 Å². The van der Waals surface area contributed by atoms with Crippen molar-refractivity contribution >= 4 is 18.0 Å². The van der Waals surface area contributed by atoms with Crippen molar-refractivity contribution in [3.63, 3.8) is 0 Å². The van der Waals surface area contributed by atoms with Crippen LogP contribution < -0.4 is 9.47 Å². The molecule has 3 amide bonds. The first-order valence-electron chi connectivity index (χ1n) is 8.28. The van der Waals surface area contributed by atoms with Gasteiger partial charge in [-0.15, -0.1) is 0 Å². The van der Waals surface area contributed by atoms with Gasteiger partial charge >= 0.3 is 6.03 Å². The van der Waals surface area contributed by atoms with E-state index in [1.165, 1.54) is 9.80 Å². The number of hydrogen-bond donors (Lipinski definition) is 0. The van der Waals surface area contributed by atoms with E-state index in [4.69, 9.17) is 9.47 Å². The monoisotopic (exact) mass is 352 g/mol. The van der Waals surface area contributed by atoms with E-state index in [1.54, 1.807) is 37.6 Å². The number of methoxy groups -OCH3 is 1. The lowest BCUT2D eigenvalue weighted by Gasteiger charge is -2.15. The summed E-state index contributed by atoms with van der Waals surface area (Å²) in [6.07, 6.45) is 3.45. The van der Waals surface area contributed by atoms with Crippen LogP contribution in [0.3, 0.4) is 0 Å². The highest BCUT2D eigenvalue weighted by molar-refractivity contribution is 6.02. The van der Waals surface area contributed by atoms with E-state index in [1.807, 2.05) is 36.4 Å². The first kappa shape index (κ1) is 17.5. The third-order valence-corrected chi connectivity index (χ3v) is 3.97. The Kier molecular flexibility index (Phi) is 5.53. The van der Waals surface area contributed by atoms with Gasteiger partial charge in [-0.25, -0.2) is 4.79 Å². The molecule has 1 fully saturated rings. The predicted octanol–water partition coefficient (Wildman–Crippen LogP) is 3.01. The van der Waals surface area contributed by atoms with Crippen LogP contribution in [0.1, 0.15) is 5.56 Å². The molecule has 0 bridgehead atoms. The molecule has 0 spiro atoms. The van der Waals surface area contributed by atoms with Gasteiger partial charge in [0.15, 0.2) is 0 Å². The molecular weight excluding hydrogens is 332 g/mol. The van der Waals surface area contributed by atoms with E-state index in [2.05, 4.69) is 0 Å². The molecule has 0 unspecified atom stereocenters. The Labute approximate surface area is 152 Å². The average Bonchev–Trinajstić information content (AvgIpc) is 2.95. The lowest BCUT2D eigenvalue weighted by molar-refractivity contribution is -0.125. The zero-order chi connectivity index (χ0) is 18.4. The molecule has 2 aromatic carbocycles. The zero-order valence-electron chi connectivity index (χ0n) is 14.5. The van der Waals surface area contributed by atoms with Crippen molar-refractivity contribution < 1.29 is 19.1 Å². The number of carbonyl (C=O) groups excluding carboxylic acids is 2. The van der Waals surface area contributed by atoms with Gasteiger partial charge in [0.25, 0.3) is 5.91 Å². The van der Waals surface area contributed by atoms with Crippen LogP contribution in [0.15, 0.2) is 60.8 Å². The van der Waals surface area contributed by atoms with Gasteiger partial charge in [-0.2, -0.15) is 0 Å². The minimum Gasteiger partial charge on any atom is -0.497 e. The van der Waals surface area contributed by atoms with E-state index < -0.39 is 0 Å². The lowest BCUT2D eigenvalue weighted by atomic mass is 10.2. The zero-order valence-corrected chi connectivity index (χ0v) is 14.5. The molecule has 26 heavy (non-hydrogen) atoms.